The van der Waals surface area contributed by atoms with E-state index in [0.29, 0.717) is 17.2 Å². The van der Waals surface area contributed by atoms with Crippen molar-refractivity contribution in [3.05, 3.63) is 27.8 Å². The number of aliphatic hydroxyl groups excluding tert-OH is 1. The van der Waals surface area contributed by atoms with Gasteiger partial charge in [-0.2, -0.15) is 0 Å². The van der Waals surface area contributed by atoms with Gasteiger partial charge in [0.25, 0.3) is 5.91 Å². The summed E-state index contributed by atoms with van der Waals surface area (Å²) in [5, 5.41) is 9.65. The minimum atomic E-state index is -0.150. The average molecular weight is 305 g/mol. The Labute approximate surface area is 134 Å². The molecule has 0 aliphatic carbocycles. The van der Waals surface area contributed by atoms with Crippen LogP contribution in [0.1, 0.15) is 54.3 Å². The minimum absolute atomic E-state index is 0.0257. The SMILES string of the molecule is [2H]Cc1c(C)c(C)c(C(=O)N2C(C)C(C)C[C@H]2CO)c(N)c1C. The fourth-order valence-electron chi connectivity index (χ4n) is 3.51. The van der Waals surface area contributed by atoms with E-state index in [1.54, 1.807) is 4.90 Å². The number of anilines is 1. The first-order valence-corrected chi connectivity index (χ1v) is 7.87. The third-order valence-corrected chi connectivity index (χ3v) is 5.47. The van der Waals surface area contributed by atoms with Crippen LogP contribution in [0.3, 0.4) is 0 Å². The first kappa shape index (κ1) is 15.3. The van der Waals surface area contributed by atoms with Crippen molar-refractivity contribution in [1.82, 2.24) is 4.90 Å². The summed E-state index contributed by atoms with van der Waals surface area (Å²) in [6.45, 7) is 9.99. The van der Waals surface area contributed by atoms with E-state index >= 15 is 0 Å². The summed E-state index contributed by atoms with van der Waals surface area (Å²) < 4.78 is 7.70. The Bertz CT molecular complexity index is 601. The van der Waals surface area contributed by atoms with E-state index in [0.717, 1.165) is 28.7 Å². The second-order valence-corrected chi connectivity index (χ2v) is 6.64. The molecule has 1 saturated heterocycles. The maximum Gasteiger partial charge on any atom is 0.256 e. The molecule has 1 aliphatic rings. The topological polar surface area (TPSA) is 66.6 Å². The molecule has 0 bridgehead atoms. The first-order chi connectivity index (χ1) is 10.8. The van der Waals surface area contributed by atoms with E-state index in [-0.39, 0.29) is 31.5 Å². The van der Waals surface area contributed by atoms with Gasteiger partial charge >= 0.3 is 0 Å². The monoisotopic (exact) mass is 305 g/mol. The molecule has 0 spiro atoms. The highest BCUT2D eigenvalue weighted by Crippen LogP contribution is 2.35. The summed E-state index contributed by atoms with van der Waals surface area (Å²) in [7, 11) is 0. The van der Waals surface area contributed by atoms with Crippen molar-refractivity contribution >= 4 is 11.6 Å². The second-order valence-electron chi connectivity index (χ2n) is 6.64. The average Bonchev–Trinajstić information content (AvgIpc) is 2.81. The number of hydrogen-bond donors (Lipinski definition) is 2. The van der Waals surface area contributed by atoms with Crippen LogP contribution in [0.4, 0.5) is 5.69 Å². The van der Waals surface area contributed by atoms with Crippen molar-refractivity contribution in [3.8, 4) is 0 Å². The second kappa shape index (κ2) is 5.92. The van der Waals surface area contributed by atoms with Gasteiger partial charge in [0.15, 0.2) is 0 Å². The van der Waals surface area contributed by atoms with Crippen molar-refractivity contribution in [2.45, 2.75) is 60.0 Å². The Kier molecular flexibility index (Phi) is 4.13. The van der Waals surface area contributed by atoms with Gasteiger partial charge in [-0.05, 0) is 69.2 Å². The van der Waals surface area contributed by atoms with Crippen molar-refractivity contribution in [2.24, 2.45) is 5.92 Å². The van der Waals surface area contributed by atoms with Crippen LogP contribution >= 0.6 is 0 Å². The van der Waals surface area contributed by atoms with Crippen molar-refractivity contribution in [1.29, 1.82) is 0 Å². The third-order valence-electron chi connectivity index (χ3n) is 5.47. The standard InChI is InChI=1S/C18H28N2O2/c1-9-7-15(8-21)20(14(9)6)18(22)16-12(4)10(2)11(3)13(5)17(16)19/h9,14-15,21H,7-8,19H2,1-6H3/t9?,14?,15-/m0/s1/i3D. The van der Waals surface area contributed by atoms with Crippen LogP contribution in [0, 0.1) is 33.6 Å². The van der Waals surface area contributed by atoms with Crippen LogP contribution in [0.2, 0.25) is 0 Å². The molecular weight excluding hydrogens is 276 g/mol. The Morgan fingerprint density at radius 1 is 1.27 bits per heavy atom. The van der Waals surface area contributed by atoms with E-state index in [2.05, 4.69) is 6.92 Å². The van der Waals surface area contributed by atoms with Gasteiger partial charge in [-0.1, -0.05) is 6.92 Å². The summed E-state index contributed by atoms with van der Waals surface area (Å²) in [5.41, 5.74) is 10.8. The van der Waals surface area contributed by atoms with E-state index in [1.807, 2.05) is 27.7 Å². The number of benzene rings is 1. The molecule has 1 fully saturated rings. The van der Waals surface area contributed by atoms with Gasteiger partial charge in [0, 0.05) is 13.1 Å². The zero-order valence-corrected chi connectivity index (χ0v) is 14.2. The van der Waals surface area contributed by atoms with E-state index < -0.39 is 0 Å². The maximum atomic E-state index is 13.2. The molecule has 1 heterocycles. The Morgan fingerprint density at radius 2 is 1.91 bits per heavy atom. The minimum Gasteiger partial charge on any atom is -0.398 e. The molecule has 4 heteroatoms. The highest BCUT2D eigenvalue weighted by Gasteiger charge is 2.40. The largest absolute Gasteiger partial charge is 0.398 e. The molecule has 22 heavy (non-hydrogen) atoms. The van der Waals surface area contributed by atoms with Crippen LogP contribution in [-0.2, 0) is 0 Å². The fraction of sp³-hybridized carbons (Fsp3) is 0.611. The zero-order valence-electron chi connectivity index (χ0n) is 15.2. The maximum absolute atomic E-state index is 13.2. The number of hydrogen-bond acceptors (Lipinski definition) is 3. The van der Waals surface area contributed by atoms with Crippen LogP contribution in [0.5, 0.6) is 0 Å². The number of amides is 1. The van der Waals surface area contributed by atoms with Gasteiger partial charge in [0.2, 0.25) is 0 Å². The number of nitrogen functional groups attached to an aromatic ring is 1. The number of carbonyl (C=O) groups excluding carboxylic acids is 1. The van der Waals surface area contributed by atoms with Crippen LogP contribution < -0.4 is 5.73 Å². The summed E-state index contributed by atoms with van der Waals surface area (Å²) in [4.78, 5) is 15.0. The summed E-state index contributed by atoms with van der Waals surface area (Å²) in [5.74, 6) is 0.256. The Hall–Kier alpha value is -1.55. The molecule has 3 N–H and O–H groups in total. The fourth-order valence-corrected chi connectivity index (χ4v) is 3.51. The highest BCUT2D eigenvalue weighted by molar-refractivity contribution is 6.02. The molecule has 1 amide bonds. The lowest BCUT2D eigenvalue weighted by Gasteiger charge is -2.30. The van der Waals surface area contributed by atoms with E-state index in [4.69, 9.17) is 7.10 Å². The lowest BCUT2D eigenvalue weighted by molar-refractivity contribution is 0.0603. The molecule has 0 saturated carbocycles. The van der Waals surface area contributed by atoms with E-state index in [1.165, 1.54) is 0 Å². The number of aliphatic hydroxyl groups is 1. The Morgan fingerprint density at radius 3 is 2.45 bits per heavy atom. The normalized spacial score (nSPS) is 25.5. The predicted molar refractivity (Wildman–Crippen MR) is 90.1 cm³/mol. The number of rotatable bonds is 2. The predicted octanol–water partition coefficient (Wildman–Crippen LogP) is 2.73. The van der Waals surface area contributed by atoms with Gasteiger partial charge in [-0.15, -0.1) is 0 Å². The van der Waals surface area contributed by atoms with Crippen LogP contribution in [0.15, 0.2) is 0 Å². The van der Waals surface area contributed by atoms with Crippen molar-refractivity contribution in [2.75, 3.05) is 12.3 Å². The molecule has 0 aromatic heterocycles. The van der Waals surface area contributed by atoms with Gasteiger partial charge < -0.3 is 15.7 Å². The highest BCUT2D eigenvalue weighted by atomic mass is 16.3. The van der Waals surface area contributed by atoms with Gasteiger partial charge in [-0.3, -0.25) is 4.79 Å². The van der Waals surface area contributed by atoms with Crippen LogP contribution in [-0.4, -0.2) is 34.6 Å². The Balaban J connectivity index is 2.56. The quantitative estimate of drug-likeness (QED) is 0.826. The molecule has 4 nitrogen and oxygen atoms in total. The molecule has 1 aromatic rings. The molecule has 1 aromatic carbocycles. The number of nitrogens with zero attached hydrogens (tertiary/aromatic N) is 1. The first-order valence-electron chi connectivity index (χ1n) is 8.57. The molecule has 0 radical (unpaired) electrons. The summed E-state index contributed by atoms with van der Waals surface area (Å²) >= 11 is 0. The molecule has 2 unspecified atom stereocenters. The summed E-state index contributed by atoms with van der Waals surface area (Å²) in [6, 6.07) is -0.0716. The molecule has 1 aliphatic heterocycles. The lowest BCUT2D eigenvalue weighted by atomic mass is 9.91. The third kappa shape index (κ3) is 2.39. The van der Waals surface area contributed by atoms with Crippen LogP contribution in [0.25, 0.3) is 0 Å². The molecule has 122 valence electrons. The molecule has 2 rings (SSSR count). The lowest BCUT2D eigenvalue weighted by Crippen LogP contribution is -2.43. The van der Waals surface area contributed by atoms with Gasteiger partial charge in [0.1, 0.15) is 0 Å². The smallest absolute Gasteiger partial charge is 0.256 e. The van der Waals surface area contributed by atoms with Crippen molar-refractivity contribution in [3.63, 3.8) is 0 Å². The van der Waals surface area contributed by atoms with Gasteiger partial charge in [0.05, 0.1) is 18.2 Å². The van der Waals surface area contributed by atoms with Crippen molar-refractivity contribution < 1.29 is 11.3 Å². The zero-order chi connectivity index (χ0) is 17.5. The number of nitrogens with two attached hydrogens (primary N) is 1. The summed E-state index contributed by atoms with van der Waals surface area (Å²) in [6.07, 6.45) is 0.811. The molecule has 3 atom stereocenters. The molecular formula is C18H28N2O2. The number of likely N-dealkylation sites (tertiary alicyclic amines) is 1. The van der Waals surface area contributed by atoms with E-state index in [9.17, 15) is 9.90 Å². The number of carbonyl (C=O) groups is 1. The van der Waals surface area contributed by atoms with Gasteiger partial charge in [-0.25, -0.2) is 0 Å².